The predicted molar refractivity (Wildman–Crippen MR) is 53.7 cm³/mol. The van der Waals surface area contributed by atoms with Crippen LogP contribution in [0.2, 0.25) is 0 Å². The highest BCUT2D eigenvalue weighted by Crippen LogP contribution is 2.10. The van der Waals surface area contributed by atoms with Crippen LogP contribution in [-0.2, 0) is 16.1 Å². The molecule has 0 saturated heterocycles. The first-order chi connectivity index (χ1) is 6.65. The summed E-state index contributed by atoms with van der Waals surface area (Å²) in [4.78, 5) is 11.2. The van der Waals surface area contributed by atoms with E-state index < -0.39 is 0 Å². The first-order valence-corrected chi connectivity index (χ1v) is 4.71. The molecule has 1 rings (SSSR count). The Hall–Kier alpha value is -1.29. The van der Waals surface area contributed by atoms with E-state index in [0.717, 1.165) is 5.69 Å². The third-order valence-corrected chi connectivity index (χ3v) is 1.94. The fraction of sp³-hybridized carbons (Fsp3) is 0.500. The minimum absolute atomic E-state index is 0.0700. The van der Waals surface area contributed by atoms with E-state index in [1.165, 1.54) is 0 Å². The first-order valence-electron chi connectivity index (χ1n) is 4.71. The topological polar surface area (TPSA) is 57.2 Å². The highest BCUT2D eigenvalue weighted by molar-refractivity contribution is 5.69. The number of esters is 1. The Kier molecular flexibility index (Phi) is 3.71. The van der Waals surface area contributed by atoms with Crippen molar-refractivity contribution in [2.45, 2.75) is 26.4 Å². The van der Waals surface area contributed by atoms with Crippen molar-refractivity contribution in [1.29, 1.82) is 0 Å². The highest BCUT2D eigenvalue weighted by atomic mass is 16.5. The van der Waals surface area contributed by atoms with Gasteiger partial charge in [0, 0.05) is 17.9 Å². The van der Waals surface area contributed by atoms with Crippen molar-refractivity contribution in [2.75, 3.05) is 6.61 Å². The minimum Gasteiger partial charge on any atom is -0.465 e. The van der Waals surface area contributed by atoms with E-state index in [1.54, 1.807) is 6.92 Å². The molecule has 1 aromatic heterocycles. The highest BCUT2D eigenvalue weighted by Gasteiger charge is 2.09. The summed E-state index contributed by atoms with van der Waals surface area (Å²) in [7, 11) is 0. The molecule has 0 aliphatic carbocycles. The molecule has 0 saturated carbocycles. The van der Waals surface area contributed by atoms with E-state index in [1.807, 2.05) is 29.8 Å². The third-order valence-electron chi connectivity index (χ3n) is 1.94. The number of hydrogen-bond acceptors (Lipinski definition) is 3. The van der Waals surface area contributed by atoms with Gasteiger partial charge < -0.3 is 15.0 Å². The number of hydrogen-bond donors (Lipinski definition) is 1. The maximum absolute atomic E-state index is 11.2. The lowest BCUT2D eigenvalue weighted by molar-refractivity contribution is -0.143. The molecule has 0 aromatic carbocycles. The van der Waals surface area contributed by atoms with Crippen LogP contribution in [0, 0.1) is 0 Å². The van der Waals surface area contributed by atoms with Crippen molar-refractivity contribution >= 4 is 5.97 Å². The summed E-state index contributed by atoms with van der Waals surface area (Å²) < 4.78 is 6.66. The molecule has 14 heavy (non-hydrogen) atoms. The van der Waals surface area contributed by atoms with Gasteiger partial charge in [-0.15, -0.1) is 0 Å². The molecule has 0 amide bonds. The van der Waals surface area contributed by atoms with Gasteiger partial charge in [0.1, 0.15) is 6.54 Å². The SMILES string of the molecule is CCOC(=O)Cn1cccc1C(C)N. The largest absolute Gasteiger partial charge is 0.465 e. The normalized spacial score (nSPS) is 12.5. The van der Waals surface area contributed by atoms with E-state index in [4.69, 9.17) is 10.5 Å². The third kappa shape index (κ3) is 2.60. The Balaban J connectivity index is 2.66. The summed E-state index contributed by atoms with van der Waals surface area (Å²) in [5.74, 6) is -0.231. The number of carbonyl (C=O) groups excluding carboxylic acids is 1. The van der Waals surface area contributed by atoms with Gasteiger partial charge in [-0.1, -0.05) is 0 Å². The van der Waals surface area contributed by atoms with Crippen molar-refractivity contribution in [1.82, 2.24) is 4.57 Å². The standard InChI is InChI=1S/C10H16N2O2/c1-3-14-10(13)7-12-6-4-5-9(12)8(2)11/h4-6,8H,3,7,11H2,1-2H3. The van der Waals surface area contributed by atoms with Crippen molar-refractivity contribution in [3.8, 4) is 0 Å². The summed E-state index contributed by atoms with van der Waals surface area (Å²) in [6, 6.07) is 3.71. The van der Waals surface area contributed by atoms with Gasteiger partial charge in [-0.05, 0) is 26.0 Å². The van der Waals surface area contributed by atoms with Crippen LogP contribution in [0.5, 0.6) is 0 Å². The van der Waals surface area contributed by atoms with E-state index in [2.05, 4.69) is 0 Å². The number of aromatic nitrogens is 1. The molecule has 1 atom stereocenters. The quantitative estimate of drug-likeness (QED) is 0.733. The second-order valence-corrected chi connectivity index (χ2v) is 3.15. The molecule has 0 aliphatic rings. The Morgan fingerprint density at radius 1 is 1.71 bits per heavy atom. The second kappa shape index (κ2) is 4.81. The lowest BCUT2D eigenvalue weighted by atomic mass is 10.2. The Morgan fingerprint density at radius 2 is 2.43 bits per heavy atom. The van der Waals surface area contributed by atoms with Crippen molar-refractivity contribution in [2.24, 2.45) is 5.73 Å². The molecule has 2 N–H and O–H groups in total. The lowest BCUT2D eigenvalue weighted by Gasteiger charge is -2.10. The van der Waals surface area contributed by atoms with E-state index in [-0.39, 0.29) is 18.6 Å². The maximum Gasteiger partial charge on any atom is 0.325 e. The van der Waals surface area contributed by atoms with Crippen LogP contribution in [0.25, 0.3) is 0 Å². The van der Waals surface area contributed by atoms with Crippen LogP contribution >= 0.6 is 0 Å². The zero-order chi connectivity index (χ0) is 10.6. The Labute approximate surface area is 83.7 Å². The zero-order valence-electron chi connectivity index (χ0n) is 8.56. The van der Waals surface area contributed by atoms with Gasteiger partial charge in [-0.25, -0.2) is 0 Å². The van der Waals surface area contributed by atoms with Crippen LogP contribution in [0.4, 0.5) is 0 Å². The van der Waals surface area contributed by atoms with E-state index in [9.17, 15) is 4.79 Å². The molecule has 0 aliphatic heterocycles. The van der Waals surface area contributed by atoms with Crippen molar-refractivity contribution < 1.29 is 9.53 Å². The fourth-order valence-electron chi connectivity index (χ4n) is 1.33. The Bertz CT molecular complexity index is 305. The average molecular weight is 196 g/mol. The first kappa shape index (κ1) is 10.8. The van der Waals surface area contributed by atoms with Gasteiger partial charge in [0.2, 0.25) is 0 Å². The summed E-state index contributed by atoms with van der Waals surface area (Å²) in [5, 5.41) is 0. The lowest BCUT2D eigenvalue weighted by Crippen LogP contribution is -2.18. The molecular formula is C10H16N2O2. The summed E-state index contributed by atoms with van der Waals surface area (Å²) in [5.41, 5.74) is 6.68. The smallest absolute Gasteiger partial charge is 0.325 e. The molecular weight excluding hydrogens is 180 g/mol. The van der Waals surface area contributed by atoms with Crippen LogP contribution < -0.4 is 5.73 Å². The van der Waals surface area contributed by atoms with Gasteiger partial charge >= 0.3 is 5.97 Å². The van der Waals surface area contributed by atoms with Crippen molar-refractivity contribution in [3.05, 3.63) is 24.0 Å². The molecule has 0 radical (unpaired) electrons. The monoisotopic (exact) mass is 196 g/mol. The van der Waals surface area contributed by atoms with Gasteiger partial charge in [0.25, 0.3) is 0 Å². The number of carbonyl (C=O) groups is 1. The number of nitrogens with zero attached hydrogens (tertiary/aromatic N) is 1. The van der Waals surface area contributed by atoms with Crippen LogP contribution in [0.3, 0.4) is 0 Å². The molecule has 0 spiro atoms. The Morgan fingerprint density at radius 3 is 3.00 bits per heavy atom. The molecule has 0 fully saturated rings. The van der Waals surface area contributed by atoms with Gasteiger partial charge in [-0.3, -0.25) is 4.79 Å². The summed E-state index contributed by atoms with van der Waals surface area (Å²) in [6.45, 7) is 4.32. The van der Waals surface area contributed by atoms with Gasteiger partial charge in [0.05, 0.1) is 6.61 Å². The summed E-state index contributed by atoms with van der Waals surface area (Å²) >= 11 is 0. The van der Waals surface area contributed by atoms with Gasteiger partial charge in [0.15, 0.2) is 0 Å². The maximum atomic E-state index is 11.2. The molecule has 4 nitrogen and oxygen atoms in total. The second-order valence-electron chi connectivity index (χ2n) is 3.15. The molecule has 4 heteroatoms. The van der Waals surface area contributed by atoms with E-state index >= 15 is 0 Å². The number of rotatable bonds is 4. The molecule has 1 heterocycles. The van der Waals surface area contributed by atoms with E-state index in [0.29, 0.717) is 6.61 Å². The minimum atomic E-state index is -0.231. The predicted octanol–water partition coefficient (Wildman–Crippen LogP) is 1.07. The molecule has 1 aromatic rings. The average Bonchev–Trinajstić information content (AvgIpc) is 2.52. The summed E-state index contributed by atoms with van der Waals surface area (Å²) in [6.07, 6.45) is 1.83. The fourth-order valence-corrected chi connectivity index (χ4v) is 1.33. The molecule has 1 unspecified atom stereocenters. The van der Waals surface area contributed by atoms with Gasteiger partial charge in [-0.2, -0.15) is 0 Å². The number of ether oxygens (including phenoxy) is 1. The molecule has 78 valence electrons. The van der Waals surface area contributed by atoms with Crippen LogP contribution in [0.1, 0.15) is 25.6 Å². The molecule has 0 bridgehead atoms. The number of nitrogens with two attached hydrogens (primary N) is 1. The van der Waals surface area contributed by atoms with Crippen LogP contribution in [-0.4, -0.2) is 17.1 Å². The zero-order valence-corrected chi connectivity index (χ0v) is 8.56. The van der Waals surface area contributed by atoms with Crippen molar-refractivity contribution in [3.63, 3.8) is 0 Å². The van der Waals surface area contributed by atoms with Crippen LogP contribution in [0.15, 0.2) is 18.3 Å².